The SMILES string of the molecule is C[C@@H]1CC/C=C\[C@@H]2C[C@@]2(C(=O)NS(=O)(=O)C2(C)CC2)NC(=O)[C@@H]2C[C@@H](Oc3nccc4c5c(ccc34)OCCO5)CN2C(=O)[C@@H](N(C(=O)O)C(C)(C)C)[C@H](C)C1. The van der Waals surface area contributed by atoms with Crippen LogP contribution in [-0.2, 0) is 24.4 Å². The van der Waals surface area contributed by atoms with E-state index in [-0.39, 0.29) is 31.2 Å². The summed E-state index contributed by atoms with van der Waals surface area (Å²) in [7, 11) is -4.02. The Morgan fingerprint density at radius 3 is 2.52 bits per heavy atom. The van der Waals surface area contributed by atoms with Gasteiger partial charge in [0.05, 0.1) is 11.3 Å². The van der Waals surface area contributed by atoms with E-state index in [1.807, 2.05) is 25.1 Å². The molecule has 7 rings (SSSR count). The van der Waals surface area contributed by atoms with Crippen molar-refractivity contribution in [3.63, 3.8) is 0 Å². The largest absolute Gasteiger partial charge is 0.486 e. The second-order valence-corrected chi connectivity index (χ2v) is 19.7. The quantitative estimate of drug-likeness (QED) is 0.351. The first-order valence-electron chi connectivity index (χ1n) is 19.6. The Morgan fingerprint density at radius 1 is 1.09 bits per heavy atom. The van der Waals surface area contributed by atoms with Gasteiger partial charge in [0, 0.05) is 34.8 Å². The van der Waals surface area contributed by atoms with E-state index in [0.29, 0.717) is 55.8 Å². The van der Waals surface area contributed by atoms with Crippen molar-refractivity contribution in [2.75, 3.05) is 19.8 Å². The maximum atomic E-state index is 15.1. The number of carboxylic acid groups (broad SMARTS) is 1. The van der Waals surface area contributed by atoms with E-state index >= 15 is 4.79 Å². The number of hydrogen-bond acceptors (Lipinski definition) is 10. The molecular weight excluding hydrogens is 743 g/mol. The normalized spacial score (nSPS) is 30.8. The van der Waals surface area contributed by atoms with Crippen LogP contribution < -0.4 is 24.2 Å². The maximum absolute atomic E-state index is 15.1. The third-order valence-corrected chi connectivity index (χ3v) is 14.3. The first kappa shape index (κ1) is 39.6. The molecule has 0 spiro atoms. The van der Waals surface area contributed by atoms with E-state index in [4.69, 9.17) is 14.2 Å². The van der Waals surface area contributed by atoms with E-state index in [9.17, 15) is 27.9 Å². The minimum absolute atomic E-state index is 0.00510. The number of benzene rings is 1. The van der Waals surface area contributed by atoms with Crippen LogP contribution in [0.5, 0.6) is 17.4 Å². The zero-order chi connectivity index (χ0) is 40.4. The summed E-state index contributed by atoms with van der Waals surface area (Å²) in [5.41, 5.74) is -2.54. The number of hydrogen-bond donors (Lipinski definition) is 3. The zero-order valence-corrected chi connectivity index (χ0v) is 33.7. The van der Waals surface area contributed by atoms with Gasteiger partial charge in [-0.1, -0.05) is 26.0 Å². The van der Waals surface area contributed by atoms with Crippen molar-refractivity contribution in [3.05, 3.63) is 36.5 Å². The molecule has 1 saturated heterocycles. The highest BCUT2D eigenvalue weighted by Crippen LogP contribution is 2.48. The fourth-order valence-corrected chi connectivity index (χ4v) is 9.87. The van der Waals surface area contributed by atoms with Gasteiger partial charge in [-0.25, -0.2) is 18.2 Å². The summed E-state index contributed by atoms with van der Waals surface area (Å²) >= 11 is 0. The molecule has 0 radical (unpaired) electrons. The van der Waals surface area contributed by atoms with Gasteiger partial charge in [0.25, 0.3) is 5.91 Å². The smallest absolute Gasteiger partial charge is 0.408 e. The average molecular weight is 796 g/mol. The van der Waals surface area contributed by atoms with Gasteiger partial charge in [0.1, 0.15) is 36.9 Å². The van der Waals surface area contributed by atoms with Gasteiger partial charge < -0.3 is 29.5 Å². The molecule has 4 heterocycles. The number of aromatic nitrogens is 1. The lowest BCUT2D eigenvalue weighted by Crippen LogP contribution is -2.62. The molecular formula is C40H53N5O10S. The number of amides is 4. The Labute approximate surface area is 327 Å². The Bertz CT molecular complexity index is 2060. The molecule has 1 aromatic carbocycles. The average Bonchev–Trinajstić information content (AvgIpc) is 4.01. The molecule has 3 aliphatic heterocycles. The predicted molar refractivity (Wildman–Crippen MR) is 206 cm³/mol. The van der Waals surface area contributed by atoms with E-state index in [1.54, 1.807) is 46.0 Å². The Morgan fingerprint density at radius 2 is 1.82 bits per heavy atom. The van der Waals surface area contributed by atoms with E-state index < -0.39 is 79.7 Å². The number of rotatable bonds is 6. The molecule has 7 atom stereocenters. The van der Waals surface area contributed by atoms with Crippen molar-refractivity contribution in [2.24, 2.45) is 17.8 Å². The molecule has 2 aliphatic carbocycles. The molecule has 2 aromatic rings. The monoisotopic (exact) mass is 795 g/mol. The molecule has 1 aromatic heterocycles. The van der Waals surface area contributed by atoms with Crippen molar-refractivity contribution in [1.82, 2.24) is 24.8 Å². The van der Waals surface area contributed by atoms with Gasteiger partial charge in [-0.3, -0.25) is 24.0 Å². The first-order chi connectivity index (χ1) is 26.3. The number of ether oxygens (including phenoxy) is 3. The fourth-order valence-electron chi connectivity index (χ4n) is 8.56. The molecule has 3 fully saturated rings. The van der Waals surface area contributed by atoms with E-state index in [1.165, 1.54) is 9.80 Å². The number of allylic oxidation sites excluding steroid dienone is 1. The standard InChI is InChI=1S/C40H53N5O10S/c1-23-9-7-8-10-25-21-40(25,36(48)43-56(51,52)39(6)14-15-39)42-33(46)29-20-26(22-44(29)35(47)31(24(2)19-23)45(37(49)50)38(3,4)5)55-34-28-11-12-30-32(54-18-17-53-30)27(28)13-16-41-34/h8,10-13,16,23-26,29,31H,7,9,14-15,17-22H2,1-6H3,(H,42,46)(H,43,48)(H,49,50)/b10-8-/t23-,24-,25-,26-,29+,31+,40-/m1/s1. The van der Waals surface area contributed by atoms with Crippen molar-refractivity contribution >= 4 is 44.6 Å². The van der Waals surface area contributed by atoms with Crippen LogP contribution in [0.25, 0.3) is 10.8 Å². The van der Waals surface area contributed by atoms with Crippen LogP contribution in [0.4, 0.5) is 4.79 Å². The van der Waals surface area contributed by atoms with Gasteiger partial charge >= 0.3 is 6.09 Å². The van der Waals surface area contributed by atoms with Gasteiger partial charge in [-0.05, 0) is 96.3 Å². The highest BCUT2D eigenvalue weighted by molar-refractivity contribution is 7.91. The Kier molecular flexibility index (Phi) is 10.2. The third-order valence-electron chi connectivity index (χ3n) is 12.1. The van der Waals surface area contributed by atoms with E-state index in [0.717, 1.165) is 11.8 Å². The molecule has 56 heavy (non-hydrogen) atoms. The highest BCUT2D eigenvalue weighted by atomic mass is 32.2. The summed E-state index contributed by atoms with van der Waals surface area (Å²) in [6.07, 6.45) is 6.29. The summed E-state index contributed by atoms with van der Waals surface area (Å²) < 4.78 is 45.8. The van der Waals surface area contributed by atoms with E-state index in [2.05, 4.69) is 21.9 Å². The molecule has 15 nitrogen and oxygen atoms in total. The Balaban J connectivity index is 1.26. The van der Waals surface area contributed by atoms with Crippen LogP contribution in [0.2, 0.25) is 0 Å². The highest BCUT2D eigenvalue weighted by Gasteiger charge is 2.63. The summed E-state index contributed by atoms with van der Waals surface area (Å²) in [6.45, 7) is 11.4. The summed E-state index contributed by atoms with van der Waals surface area (Å²) in [6, 6.07) is 3.03. The lowest BCUT2D eigenvalue weighted by atomic mass is 9.85. The second kappa shape index (κ2) is 14.4. The number of nitrogens with one attached hydrogen (secondary N) is 2. The van der Waals surface area contributed by atoms with Crippen molar-refractivity contribution in [1.29, 1.82) is 0 Å². The summed E-state index contributed by atoms with van der Waals surface area (Å²) in [5.74, 6) is -1.43. The second-order valence-electron chi connectivity index (χ2n) is 17.5. The fraction of sp³-hybridized carbons (Fsp3) is 0.625. The topological polar surface area (TPSA) is 194 Å². The molecule has 16 heteroatoms. The molecule has 5 aliphatic rings. The van der Waals surface area contributed by atoms with Crippen molar-refractivity contribution in [2.45, 2.75) is 121 Å². The zero-order valence-electron chi connectivity index (χ0n) is 32.9. The minimum Gasteiger partial charge on any atom is -0.486 e. The van der Waals surface area contributed by atoms with Gasteiger partial charge in [-0.2, -0.15) is 0 Å². The first-order valence-corrected chi connectivity index (χ1v) is 21.1. The van der Waals surface area contributed by atoms with Crippen LogP contribution in [0.1, 0.15) is 86.5 Å². The number of pyridine rings is 1. The molecule has 0 bridgehead atoms. The summed E-state index contributed by atoms with van der Waals surface area (Å²) in [4.78, 5) is 63.7. The molecule has 2 saturated carbocycles. The minimum atomic E-state index is -4.02. The Hall–Kier alpha value is -4.60. The van der Waals surface area contributed by atoms with Crippen molar-refractivity contribution < 1.29 is 46.9 Å². The molecule has 0 unspecified atom stereocenters. The third kappa shape index (κ3) is 7.36. The van der Waals surface area contributed by atoms with Gasteiger partial charge in [0.2, 0.25) is 27.7 Å². The number of carbonyl (C=O) groups excluding carboxylic acids is 3. The molecule has 304 valence electrons. The number of nitrogens with zero attached hydrogens (tertiary/aromatic N) is 3. The lowest BCUT2D eigenvalue weighted by molar-refractivity contribution is -0.146. The molecule has 3 N–H and O–H groups in total. The van der Waals surface area contributed by atoms with Gasteiger partial charge in [0.15, 0.2) is 11.5 Å². The van der Waals surface area contributed by atoms with Crippen molar-refractivity contribution in [3.8, 4) is 17.4 Å². The van der Waals surface area contributed by atoms with Crippen LogP contribution in [0.3, 0.4) is 0 Å². The predicted octanol–water partition coefficient (Wildman–Crippen LogP) is 4.39. The van der Waals surface area contributed by atoms with Crippen LogP contribution >= 0.6 is 0 Å². The number of fused-ring (bicyclic) bond motifs is 5. The van der Waals surface area contributed by atoms with Crippen LogP contribution in [-0.4, -0.2) is 106 Å². The number of sulfonamides is 1. The van der Waals surface area contributed by atoms with Gasteiger partial charge in [-0.15, -0.1) is 0 Å². The lowest BCUT2D eigenvalue weighted by Gasteiger charge is -2.43. The molecule has 4 amide bonds. The van der Waals surface area contributed by atoms with Crippen LogP contribution in [0.15, 0.2) is 36.5 Å². The van der Waals surface area contributed by atoms with Crippen LogP contribution in [0, 0.1) is 17.8 Å². The number of carbonyl (C=O) groups is 4. The summed E-state index contributed by atoms with van der Waals surface area (Å²) in [5, 5.41) is 14.9. The maximum Gasteiger partial charge on any atom is 0.408 e.